The molecule has 1 amide bonds. The molecule has 6 nitrogen and oxygen atoms in total. The Kier molecular flexibility index (Phi) is 5.63. The van der Waals surface area contributed by atoms with E-state index in [4.69, 9.17) is 4.74 Å². The van der Waals surface area contributed by atoms with Crippen LogP contribution in [0.1, 0.15) is 49.3 Å². The van der Waals surface area contributed by atoms with Gasteiger partial charge in [-0.25, -0.2) is 5.43 Å². The van der Waals surface area contributed by atoms with Crippen LogP contribution in [0.25, 0.3) is 0 Å². The molecule has 0 aromatic heterocycles. The summed E-state index contributed by atoms with van der Waals surface area (Å²) in [5, 5.41) is 2.91. The highest BCUT2D eigenvalue weighted by Crippen LogP contribution is 2.30. The summed E-state index contributed by atoms with van der Waals surface area (Å²) in [5.41, 5.74) is 10.2. The van der Waals surface area contributed by atoms with Crippen molar-refractivity contribution in [2.75, 3.05) is 5.32 Å². The molecule has 1 saturated carbocycles. The molecule has 0 spiro atoms. The van der Waals surface area contributed by atoms with E-state index in [1.807, 2.05) is 32.9 Å². The number of aryl methyl sites for hydroxylation is 3. The Morgan fingerprint density at radius 2 is 1.77 bits per heavy atom. The second-order valence-corrected chi connectivity index (χ2v) is 7.66. The summed E-state index contributed by atoms with van der Waals surface area (Å²) >= 11 is 0. The van der Waals surface area contributed by atoms with Crippen molar-refractivity contribution in [3.05, 3.63) is 28.8 Å². The number of esters is 1. The maximum absolute atomic E-state index is 12.5. The Balaban J connectivity index is 1.60. The van der Waals surface area contributed by atoms with E-state index in [0.29, 0.717) is 6.04 Å². The van der Waals surface area contributed by atoms with Gasteiger partial charge in [0.05, 0.1) is 0 Å². The number of ether oxygens (including phenoxy) is 1. The van der Waals surface area contributed by atoms with Gasteiger partial charge in [-0.2, -0.15) is 0 Å². The van der Waals surface area contributed by atoms with Gasteiger partial charge in [0.1, 0.15) is 6.04 Å². The second kappa shape index (κ2) is 7.76. The maximum atomic E-state index is 12.5. The van der Waals surface area contributed by atoms with Gasteiger partial charge in [0.2, 0.25) is 0 Å². The van der Waals surface area contributed by atoms with Crippen LogP contribution in [0.5, 0.6) is 0 Å². The van der Waals surface area contributed by atoms with Gasteiger partial charge in [-0.15, -0.1) is 0 Å². The predicted octanol–water partition coefficient (Wildman–Crippen LogP) is 2.52. The van der Waals surface area contributed by atoms with Crippen molar-refractivity contribution in [3.63, 3.8) is 0 Å². The van der Waals surface area contributed by atoms with E-state index < -0.39 is 6.10 Å². The molecular formula is C20H29N3O3. The van der Waals surface area contributed by atoms with Crippen LogP contribution in [0.4, 0.5) is 5.69 Å². The number of amides is 1. The molecule has 2 aliphatic rings. The van der Waals surface area contributed by atoms with Crippen LogP contribution < -0.4 is 16.2 Å². The number of hydrogen-bond acceptors (Lipinski definition) is 5. The van der Waals surface area contributed by atoms with Crippen molar-refractivity contribution >= 4 is 17.6 Å². The van der Waals surface area contributed by atoms with Gasteiger partial charge in [0.15, 0.2) is 6.10 Å². The van der Waals surface area contributed by atoms with Gasteiger partial charge >= 0.3 is 5.97 Å². The summed E-state index contributed by atoms with van der Waals surface area (Å²) < 4.78 is 5.47. The quantitative estimate of drug-likeness (QED) is 0.720. The average Bonchev–Trinajstić information content (AvgIpc) is 3.02. The van der Waals surface area contributed by atoms with Crippen molar-refractivity contribution < 1.29 is 14.3 Å². The standard InChI is InChI=1S/C20H29N3O3/c1-11-9-12(2)17(13(3)10-11)21-19(24)14(4)26-20(25)18-15-7-5-6-8-16(15)22-23-18/h9-10,14-16,18,22-23H,5-8H2,1-4H3,(H,21,24). The SMILES string of the molecule is Cc1cc(C)c(NC(=O)C(C)OC(=O)C2NNC3CCCCC32)c(C)c1. The molecule has 1 saturated heterocycles. The summed E-state index contributed by atoms with van der Waals surface area (Å²) in [5.74, 6) is -0.417. The molecule has 6 heteroatoms. The predicted molar refractivity (Wildman–Crippen MR) is 101 cm³/mol. The summed E-state index contributed by atoms with van der Waals surface area (Å²) in [6.07, 6.45) is 3.56. The van der Waals surface area contributed by atoms with Crippen molar-refractivity contribution in [2.24, 2.45) is 5.92 Å². The number of carbonyl (C=O) groups excluding carboxylic acids is 2. The molecule has 3 rings (SSSR count). The first kappa shape index (κ1) is 18.9. The van der Waals surface area contributed by atoms with E-state index in [1.165, 1.54) is 6.42 Å². The number of fused-ring (bicyclic) bond motifs is 1. The Hall–Kier alpha value is -1.92. The first-order valence-electron chi connectivity index (χ1n) is 9.47. The molecule has 1 heterocycles. The van der Waals surface area contributed by atoms with Crippen molar-refractivity contribution in [1.82, 2.24) is 10.9 Å². The first-order chi connectivity index (χ1) is 12.4. The Morgan fingerprint density at radius 3 is 2.46 bits per heavy atom. The number of benzene rings is 1. The van der Waals surface area contributed by atoms with Crippen molar-refractivity contribution in [2.45, 2.75) is 71.6 Å². The van der Waals surface area contributed by atoms with E-state index in [2.05, 4.69) is 16.2 Å². The Labute approximate surface area is 155 Å². The van der Waals surface area contributed by atoms with E-state index in [1.54, 1.807) is 6.92 Å². The summed E-state index contributed by atoms with van der Waals surface area (Å²) in [7, 11) is 0. The van der Waals surface area contributed by atoms with E-state index in [-0.39, 0.29) is 23.8 Å². The monoisotopic (exact) mass is 359 g/mol. The third-order valence-electron chi connectivity index (χ3n) is 5.51. The number of hydrazine groups is 1. The molecule has 2 fully saturated rings. The highest BCUT2D eigenvalue weighted by molar-refractivity contribution is 5.96. The zero-order chi connectivity index (χ0) is 18.8. The van der Waals surface area contributed by atoms with Gasteiger partial charge in [-0.3, -0.25) is 15.0 Å². The van der Waals surface area contributed by atoms with Crippen LogP contribution >= 0.6 is 0 Å². The lowest BCUT2D eigenvalue weighted by atomic mass is 9.82. The van der Waals surface area contributed by atoms with E-state index in [9.17, 15) is 9.59 Å². The van der Waals surface area contributed by atoms with E-state index in [0.717, 1.165) is 41.6 Å². The number of rotatable bonds is 4. The lowest BCUT2D eigenvalue weighted by molar-refractivity contribution is -0.156. The molecule has 26 heavy (non-hydrogen) atoms. The molecule has 3 N–H and O–H groups in total. The third-order valence-corrected chi connectivity index (χ3v) is 5.51. The minimum atomic E-state index is -0.841. The fourth-order valence-corrected chi connectivity index (χ4v) is 4.18. The van der Waals surface area contributed by atoms with E-state index >= 15 is 0 Å². The smallest absolute Gasteiger partial charge is 0.325 e. The van der Waals surface area contributed by atoms with Crippen LogP contribution in [0.2, 0.25) is 0 Å². The number of nitrogens with one attached hydrogen (secondary N) is 3. The van der Waals surface area contributed by atoms with Crippen LogP contribution in [0.3, 0.4) is 0 Å². The topological polar surface area (TPSA) is 79.5 Å². The van der Waals surface area contributed by atoms with Crippen LogP contribution in [-0.2, 0) is 14.3 Å². The van der Waals surface area contributed by atoms with Crippen molar-refractivity contribution in [3.8, 4) is 0 Å². The molecule has 0 radical (unpaired) electrons. The minimum Gasteiger partial charge on any atom is -0.451 e. The van der Waals surface area contributed by atoms with Crippen molar-refractivity contribution in [1.29, 1.82) is 0 Å². The fourth-order valence-electron chi connectivity index (χ4n) is 4.18. The van der Waals surface area contributed by atoms with Crippen LogP contribution in [0.15, 0.2) is 12.1 Å². The average molecular weight is 359 g/mol. The molecule has 1 aliphatic heterocycles. The minimum absolute atomic E-state index is 0.244. The third kappa shape index (κ3) is 3.91. The van der Waals surface area contributed by atoms with Gasteiger partial charge in [0.25, 0.3) is 5.91 Å². The number of anilines is 1. The molecule has 142 valence electrons. The summed E-state index contributed by atoms with van der Waals surface area (Å²) in [6, 6.07) is 3.99. The lowest BCUT2D eigenvalue weighted by Crippen LogP contribution is -2.43. The van der Waals surface area contributed by atoms with Gasteiger partial charge in [-0.05, 0) is 51.7 Å². The number of carbonyl (C=O) groups is 2. The normalized spacial score (nSPS) is 26.1. The first-order valence-corrected chi connectivity index (χ1v) is 9.47. The zero-order valence-corrected chi connectivity index (χ0v) is 16.0. The molecule has 1 aliphatic carbocycles. The van der Waals surface area contributed by atoms with Gasteiger partial charge < -0.3 is 10.1 Å². The number of hydrogen-bond donors (Lipinski definition) is 3. The lowest BCUT2D eigenvalue weighted by Gasteiger charge is -2.26. The highest BCUT2D eigenvalue weighted by atomic mass is 16.5. The van der Waals surface area contributed by atoms with Crippen LogP contribution in [-0.4, -0.2) is 30.1 Å². The fraction of sp³-hybridized carbons (Fsp3) is 0.600. The molecule has 1 aromatic carbocycles. The summed E-state index contributed by atoms with van der Waals surface area (Å²) in [6.45, 7) is 7.57. The molecule has 0 bridgehead atoms. The summed E-state index contributed by atoms with van der Waals surface area (Å²) in [4.78, 5) is 25.1. The van der Waals surface area contributed by atoms with Gasteiger partial charge in [-0.1, -0.05) is 30.5 Å². The molecule has 4 atom stereocenters. The Bertz CT molecular complexity index is 681. The van der Waals surface area contributed by atoms with Crippen LogP contribution in [0, 0.1) is 26.7 Å². The molecule has 1 aromatic rings. The Morgan fingerprint density at radius 1 is 1.12 bits per heavy atom. The largest absolute Gasteiger partial charge is 0.451 e. The maximum Gasteiger partial charge on any atom is 0.325 e. The second-order valence-electron chi connectivity index (χ2n) is 7.66. The molecular weight excluding hydrogens is 330 g/mol. The zero-order valence-electron chi connectivity index (χ0n) is 16.0. The van der Waals surface area contributed by atoms with Gasteiger partial charge in [0, 0.05) is 17.6 Å². The highest BCUT2D eigenvalue weighted by Gasteiger charge is 2.42. The molecule has 4 unspecified atom stereocenters.